The lowest BCUT2D eigenvalue weighted by Crippen LogP contribution is -2.17. The Bertz CT molecular complexity index is 1390. The predicted octanol–water partition coefficient (Wildman–Crippen LogP) is 8.59. The molecule has 0 spiro atoms. The van der Waals surface area contributed by atoms with Gasteiger partial charge in [-0.3, -0.25) is 0 Å². The SMILES string of the molecule is Cc1ccc(C(C)C)c(CC(=S)CCCCc2ccc(-c3ncn(-c4ccc(OC(F)(F)F)cc4)n3)cc2)c1. The predicted molar refractivity (Wildman–Crippen MR) is 153 cm³/mol. The summed E-state index contributed by atoms with van der Waals surface area (Å²) in [6, 6.07) is 20.3. The topological polar surface area (TPSA) is 39.9 Å². The molecule has 0 radical (unpaired) electrons. The van der Waals surface area contributed by atoms with E-state index in [2.05, 4.69) is 65.9 Å². The number of rotatable bonds is 11. The highest BCUT2D eigenvalue weighted by molar-refractivity contribution is 7.80. The number of aryl methyl sites for hydroxylation is 2. The van der Waals surface area contributed by atoms with E-state index in [0.717, 1.165) is 42.5 Å². The summed E-state index contributed by atoms with van der Waals surface area (Å²) in [7, 11) is 0. The number of thiocarbonyl (C=S) groups is 1. The van der Waals surface area contributed by atoms with Crippen LogP contribution in [-0.2, 0) is 12.8 Å². The second-order valence-corrected chi connectivity index (χ2v) is 10.6. The van der Waals surface area contributed by atoms with Gasteiger partial charge in [-0.1, -0.05) is 74.1 Å². The average Bonchev–Trinajstić information content (AvgIpc) is 3.37. The van der Waals surface area contributed by atoms with Gasteiger partial charge in [-0.25, -0.2) is 9.67 Å². The molecule has 39 heavy (non-hydrogen) atoms. The fraction of sp³-hybridized carbons (Fsp3) is 0.323. The lowest BCUT2D eigenvalue weighted by Gasteiger charge is -2.14. The van der Waals surface area contributed by atoms with Gasteiger partial charge in [0.15, 0.2) is 5.82 Å². The van der Waals surface area contributed by atoms with Crippen molar-refractivity contribution in [3.8, 4) is 22.8 Å². The van der Waals surface area contributed by atoms with Gasteiger partial charge in [-0.15, -0.1) is 18.3 Å². The van der Waals surface area contributed by atoms with Crippen molar-refractivity contribution in [2.24, 2.45) is 0 Å². The third kappa shape index (κ3) is 8.23. The number of alkyl halides is 3. The number of hydrogen-bond acceptors (Lipinski definition) is 4. The number of benzene rings is 3. The summed E-state index contributed by atoms with van der Waals surface area (Å²) in [5.74, 6) is 0.749. The number of aromatic nitrogens is 3. The van der Waals surface area contributed by atoms with Gasteiger partial charge in [0.25, 0.3) is 0 Å². The summed E-state index contributed by atoms with van der Waals surface area (Å²) in [6.07, 6.45) is 1.72. The molecule has 204 valence electrons. The van der Waals surface area contributed by atoms with Crippen LogP contribution in [0, 0.1) is 6.92 Å². The highest BCUT2D eigenvalue weighted by Gasteiger charge is 2.31. The maximum Gasteiger partial charge on any atom is 0.573 e. The number of hydrogen-bond donors (Lipinski definition) is 0. The molecule has 4 rings (SSSR count). The summed E-state index contributed by atoms with van der Waals surface area (Å²) >= 11 is 5.72. The minimum atomic E-state index is -4.72. The van der Waals surface area contributed by atoms with Gasteiger partial charge in [0.1, 0.15) is 12.1 Å². The number of ether oxygens (including phenoxy) is 1. The Labute approximate surface area is 232 Å². The van der Waals surface area contributed by atoms with Gasteiger partial charge in [0.05, 0.1) is 5.69 Å². The first-order chi connectivity index (χ1) is 18.6. The molecule has 0 saturated heterocycles. The van der Waals surface area contributed by atoms with E-state index in [1.807, 2.05) is 12.1 Å². The lowest BCUT2D eigenvalue weighted by molar-refractivity contribution is -0.274. The smallest absolute Gasteiger partial charge is 0.406 e. The van der Waals surface area contributed by atoms with E-state index < -0.39 is 6.36 Å². The third-order valence-corrected chi connectivity index (χ3v) is 6.87. The van der Waals surface area contributed by atoms with Crippen molar-refractivity contribution >= 4 is 17.1 Å². The highest BCUT2D eigenvalue weighted by atomic mass is 32.1. The zero-order valence-corrected chi connectivity index (χ0v) is 23.1. The van der Waals surface area contributed by atoms with Crippen LogP contribution in [0.15, 0.2) is 73.1 Å². The van der Waals surface area contributed by atoms with E-state index in [1.165, 1.54) is 57.5 Å². The van der Waals surface area contributed by atoms with E-state index in [9.17, 15) is 13.2 Å². The molecular formula is C31H32F3N3OS. The molecule has 3 aromatic carbocycles. The zero-order chi connectivity index (χ0) is 28.0. The van der Waals surface area contributed by atoms with Crippen LogP contribution in [0.5, 0.6) is 5.75 Å². The fourth-order valence-corrected chi connectivity index (χ4v) is 4.84. The fourth-order valence-electron chi connectivity index (χ4n) is 4.54. The standard InChI is InChI=1S/C31H32F3N3OS/c1-21(2)29-17-8-22(3)18-25(29)19-28(39)7-5-4-6-23-9-11-24(12-10-23)30-35-20-37(36-30)26-13-15-27(16-14-26)38-31(32,33)34/h8-18,20-21H,4-7,19H2,1-3H3. The van der Waals surface area contributed by atoms with Gasteiger partial charge >= 0.3 is 6.36 Å². The first-order valence-electron chi connectivity index (χ1n) is 13.1. The Morgan fingerprint density at radius 1 is 0.974 bits per heavy atom. The molecule has 0 aliphatic carbocycles. The molecule has 4 nitrogen and oxygen atoms in total. The van der Waals surface area contributed by atoms with Crippen LogP contribution < -0.4 is 4.74 Å². The van der Waals surface area contributed by atoms with Gasteiger partial charge in [-0.05, 0) is 84.3 Å². The molecule has 1 heterocycles. The highest BCUT2D eigenvalue weighted by Crippen LogP contribution is 2.25. The van der Waals surface area contributed by atoms with Gasteiger partial charge in [-0.2, -0.15) is 0 Å². The van der Waals surface area contributed by atoms with Crippen LogP contribution >= 0.6 is 12.2 Å². The summed E-state index contributed by atoms with van der Waals surface area (Å²) in [5.41, 5.74) is 6.71. The maximum absolute atomic E-state index is 12.4. The summed E-state index contributed by atoms with van der Waals surface area (Å²) in [6.45, 7) is 6.58. The molecule has 0 amide bonds. The van der Waals surface area contributed by atoms with Crippen LogP contribution in [-0.4, -0.2) is 26.0 Å². The molecular weight excluding hydrogens is 519 g/mol. The van der Waals surface area contributed by atoms with E-state index in [-0.39, 0.29) is 5.75 Å². The monoisotopic (exact) mass is 551 g/mol. The molecule has 1 aromatic heterocycles. The largest absolute Gasteiger partial charge is 0.573 e. The van der Waals surface area contributed by atoms with Crippen molar-refractivity contribution in [3.05, 3.63) is 95.3 Å². The molecule has 0 fully saturated rings. The van der Waals surface area contributed by atoms with Crippen molar-refractivity contribution in [1.29, 1.82) is 0 Å². The van der Waals surface area contributed by atoms with E-state index >= 15 is 0 Å². The molecule has 0 bridgehead atoms. The Hall–Kier alpha value is -3.52. The average molecular weight is 552 g/mol. The lowest BCUT2D eigenvalue weighted by atomic mass is 9.92. The Morgan fingerprint density at radius 3 is 2.36 bits per heavy atom. The molecule has 0 aliphatic heterocycles. The van der Waals surface area contributed by atoms with E-state index in [0.29, 0.717) is 17.4 Å². The molecule has 0 saturated carbocycles. The van der Waals surface area contributed by atoms with Gasteiger partial charge in [0.2, 0.25) is 0 Å². The molecule has 0 aliphatic rings. The van der Waals surface area contributed by atoms with Crippen molar-refractivity contribution in [2.45, 2.75) is 65.2 Å². The van der Waals surface area contributed by atoms with Crippen LogP contribution in [0.3, 0.4) is 0 Å². The normalized spacial score (nSPS) is 11.7. The van der Waals surface area contributed by atoms with Crippen LogP contribution in [0.25, 0.3) is 17.1 Å². The minimum Gasteiger partial charge on any atom is -0.406 e. The second-order valence-electron chi connectivity index (χ2n) is 10.0. The van der Waals surface area contributed by atoms with Crippen LogP contribution in [0.2, 0.25) is 0 Å². The van der Waals surface area contributed by atoms with E-state index in [4.69, 9.17) is 12.2 Å². The van der Waals surface area contributed by atoms with Gasteiger partial charge < -0.3 is 4.74 Å². The summed E-state index contributed by atoms with van der Waals surface area (Å²) in [4.78, 5) is 5.47. The van der Waals surface area contributed by atoms with Crippen molar-refractivity contribution in [3.63, 3.8) is 0 Å². The number of unbranched alkanes of at least 4 members (excludes halogenated alkanes) is 1. The van der Waals surface area contributed by atoms with Crippen molar-refractivity contribution < 1.29 is 17.9 Å². The summed E-state index contributed by atoms with van der Waals surface area (Å²) in [5, 5.41) is 4.46. The Balaban J connectivity index is 1.26. The van der Waals surface area contributed by atoms with Crippen molar-refractivity contribution in [2.75, 3.05) is 0 Å². The molecule has 4 aromatic rings. The Morgan fingerprint density at radius 2 is 1.69 bits per heavy atom. The Kier molecular flexibility index (Phi) is 9.17. The number of nitrogens with zero attached hydrogens (tertiary/aromatic N) is 3. The molecule has 0 N–H and O–H groups in total. The maximum atomic E-state index is 12.4. The van der Waals surface area contributed by atoms with Crippen LogP contribution in [0.1, 0.15) is 61.3 Å². The first kappa shape index (κ1) is 28.5. The minimum absolute atomic E-state index is 0.282. The van der Waals surface area contributed by atoms with Gasteiger partial charge in [0, 0.05) is 12.0 Å². The molecule has 0 atom stereocenters. The second kappa shape index (κ2) is 12.6. The summed E-state index contributed by atoms with van der Waals surface area (Å²) < 4.78 is 42.5. The molecule has 0 unspecified atom stereocenters. The quantitative estimate of drug-likeness (QED) is 0.138. The first-order valence-corrected chi connectivity index (χ1v) is 13.5. The number of halogens is 3. The van der Waals surface area contributed by atoms with Crippen LogP contribution in [0.4, 0.5) is 13.2 Å². The molecule has 8 heteroatoms. The zero-order valence-electron chi connectivity index (χ0n) is 22.3. The third-order valence-electron chi connectivity index (χ3n) is 6.52. The van der Waals surface area contributed by atoms with Crippen molar-refractivity contribution in [1.82, 2.24) is 14.8 Å². The van der Waals surface area contributed by atoms with E-state index in [1.54, 1.807) is 0 Å².